The number of urea groups is 1. The molecule has 1 atom stereocenters. The fraction of sp³-hybridized carbons (Fsp3) is 0.588. The van der Waals surface area contributed by atoms with Crippen LogP contribution in [-0.2, 0) is 16.7 Å². The van der Waals surface area contributed by atoms with Crippen molar-refractivity contribution in [2.45, 2.75) is 39.8 Å². The molecule has 0 spiro atoms. The molecule has 1 rings (SSSR count). The lowest BCUT2D eigenvalue weighted by Crippen LogP contribution is -2.43. The Balaban J connectivity index is 3.17. The van der Waals surface area contributed by atoms with E-state index in [1.165, 1.54) is 18.9 Å². The van der Waals surface area contributed by atoms with Crippen LogP contribution in [0.15, 0.2) is 18.2 Å². The molecule has 0 radical (unpaired) electrons. The van der Waals surface area contributed by atoms with Crippen molar-refractivity contribution in [3.8, 4) is 11.5 Å². The van der Waals surface area contributed by atoms with Gasteiger partial charge in [-0.3, -0.25) is 0 Å². The molecule has 0 fully saturated rings. The van der Waals surface area contributed by atoms with Gasteiger partial charge in [0.15, 0.2) is 11.5 Å². The van der Waals surface area contributed by atoms with Crippen molar-refractivity contribution in [2.75, 3.05) is 27.0 Å². The minimum absolute atomic E-state index is 0.0424. The lowest BCUT2D eigenvalue weighted by molar-refractivity contribution is 0.148. The number of carbonyl (C=O) groups excluding carboxylic acids is 1. The fourth-order valence-electron chi connectivity index (χ4n) is 2.17. The number of hydrogen-bond donors (Lipinski definition) is 0. The summed E-state index contributed by atoms with van der Waals surface area (Å²) in [7, 11) is 1.18. The number of carbonyl (C=O) groups is 1. The maximum Gasteiger partial charge on any atom is 0.320 e. The second-order valence-electron chi connectivity index (χ2n) is 5.98. The molecule has 0 saturated heterocycles. The standard InChI is InChI=1S/C17H28N2O5S/c1-7-13(3)19(17(20)18(4)5)12-14-9-10-15(23-6)16(11-14)24-25(21,22)8-2/h9-11,13H,7-8,12H2,1-6H3. The number of rotatable bonds is 8. The van der Waals surface area contributed by atoms with E-state index in [1.54, 1.807) is 37.2 Å². The third kappa shape index (κ3) is 5.81. The van der Waals surface area contributed by atoms with E-state index < -0.39 is 10.1 Å². The zero-order valence-corrected chi connectivity index (χ0v) is 16.6. The van der Waals surface area contributed by atoms with Crippen molar-refractivity contribution < 1.29 is 22.1 Å². The number of amides is 2. The van der Waals surface area contributed by atoms with Crippen LogP contribution < -0.4 is 8.92 Å². The van der Waals surface area contributed by atoms with Gasteiger partial charge in [0.2, 0.25) is 0 Å². The highest BCUT2D eigenvalue weighted by atomic mass is 32.2. The van der Waals surface area contributed by atoms with Crippen LogP contribution in [0.1, 0.15) is 32.8 Å². The minimum Gasteiger partial charge on any atom is -0.493 e. The molecular weight excluding hydrogens is 344 g/mol. The monoisotopic (exact) mass is 372 g/mol. The lowest BCUT2D eigenvalue weighted by Gasteiger charge is -2.31. The summed E-state index contributed by atoms with van der Waals surface area (Å²) in [5.41, 5.74) is 0.762. The smallest absolute Gasteiger partial charge is 0.320 e. The van der Waals surface area contributed by atoms with Crippen molar-refractivity contribution >= 4 is 16.1 Å². The summed E-state index contributed by atoms with van der Waals surface area (Å²) in [6.07, 6.45) is 0.809. The Kier molecular flexibility index (Phi) is 7.54. The van der Waals surface area contributed by atoms with E-state index in [1.807, 2.05) is 13.8 Å². The molecule has 1 aromatic carbocycles. The van der Waals surface area contributed by atoms with Crippen LogP contribution in [0.5, 0.6) is 11.5 Å². The van der Waals surface area contributed by atoms with Gasteiger partial charge in [-0.15, -0.1) is 0 Å². The molecular formula is C17H28N2O5S. The van der Waals surface area contributed by atoms with Crippen molar-refractivity contribution in [3.63, 3.8) is 0 Å². The molecule has 0 aliphatic heterocycles. The van der Waals surface area contributed by atoms with Gasteiger partial charge in [-0.1, -0.05) is 13.0 Å². The summed E-state index contributed by atoms with van der Waals surface area (Å²) < 4.78 is 33.8. The second-order valence-corrected chi connectivity index (χ2v) is 7.84. The van der Waals surface area contributed by atoms with E-state index in [2.05, 4.69) is 0 Å². The van der Waals surface area contributed by atoms with Crippen LogP contribution in [0.25, 0.3) is 0 Å². The molecule has 142 valence electrons. The predicted octanol–water partition coefficient (Wildman–Crippen LogP) is 2.71. The molecule has 0 heterocycles. The van der Waals surface area contributed by atoms with Crippen LogP contribution in [0, 0.1) is 0 Å². The summed E-state index contributed by atoms with van der Waals surface area (Å²) in [6, 6.07) is 4.98. The van der Waals surface area contributed by atoms with Gasteiger partial charge >= 0.3 is 16.1 Å². The molecule has 1 aromatic rings. The number of benzene rings is 1. The predicted molar refractivity (Wildman–Crippen MR) is 97.5 cm³/mol. The highest BCUT2D eigenvalue weighted by molar-refractivity contribution is 7.87. The van der Waals surface area contributed by atoms with Crippen LogP contribution in [0.2, 0.25) is 0 Å². The maximum atomic E-state index is 12.4. The average Bonchev–Trinajstić information content (AvgIpc) is 2.58. The number of methoxy groups -OCH3 is 1. The summed E-state index contributed by atoms with van der Waals surface area (Å²) in [5, 5.41) is 0. The van der Waals surface area contributed by atoms with Crippen LogP contribution in [0.4, 0.5) is 4.79 Å². The van der Waals surface area contributed by atoms with E-state index in [0.29, 0.717) is 12.3 Å². The lowest BCUT2D eigenvalue weighted by atomic mass is 10.1. The van der Waals surface area contributed by atoms with Crippen molar-refractivity contribution in [2.24, 2.45) is 0 Å². The quantitative estimate of drug-likeness (QED) is 0.656. The molecule has 0 aromatic heterocycles. The van der Waals surface area contributed by atoms with Gasteiger partial charge in [0, 0.05) is 26.7 Å². The number of nitrogens with zero attached hydrogens (tertiary/aromatic N) is 2. The molecule has 2 amide bonds. The van der Waals surface area contributed by atoms with Gasteiger partial charge in [-0.2, -0.15) is 8.42 Å². The fourth-order valence-corrected chi connectivity index (χ4v) is 2.69. The molecule has 1 unspecified atom stereocenters. The zero-order valence-electron chi connectivity index (χ0n) is 15.8. The first-order valence-electron chi connectivity index (χ1n) is 8.22. The van der Waals surface area contributed by atoms with Crippen LogP contribution in [0.3, 0.4) is 0 Å². The Bertz CT molecular complexity index is 688. The first kappa shape index (κ1) is 21.1. The third-order valence-corrected chi connectivity index (χ3v) is 5.04. The maximum absolute atomic E-state index is 12.4. The summed E-state index contributed by atoms with van der Waals surface area (Å²) in [6.45, 7) is 5.84. The van der Waals surface area contributed by atoms with Gasteiger partial charge < -0.3 is 18.7 Å². The van der Waals surface area contributed by atoms with Crippen molar-refractivity contribution in [1.29, 1.82) is 0 Å². The van der Waals surface area contributed by atoms with Gasteiger partial charge in [0.25, 0.3) is 0 Å². The molecule has 25 heavy (non-hydrogen) atoms. The van der Waals surface area contributed by atoms with E-state index in [0.717, 1.165) is 12.0 Å². The van der Waals surface area contributed by atoms with Gasteiger partial charge in [0.1, 0.15) is 0 Å². The molecule has 0 N–H and O–H groups in total. The molecule has 0 aliphatic rings. The molecule has 0 aliphatic carbocycles. The van der Waals surface area contributed by atoms with E-state index in [-0.39, 0.29) is 23.6 Å². The Morgan fingerprint density at radius 1 is 1.20 bits per heavy atom. The molecule has 8 heteroatoms. The van der Waals surface area contributed by atoms with Crippen molar-refractivity contribution in [1.82, 2.24) is 9.80 Å². The van der Waals surface area contributed by atoms with Gasteiger partial charge in [-0.05, 0) is 38.0 Å². The van der Waals surface area contributed by atoms with E-state index in [9.17, 15) is 13.2 Å². The van der Waals surface area contributed by atoms with Crippen LogP contribution in [-0.4, -0.2) is 57.2 Å². The highest BCUT2D eigenvalue weighted by Gasteiger charge is 2.22. The largest absolute Gasteiger partial charge is 0.493 e. The average molecular weight is 372 g/mol. The molecule has 0 saturated carbocycles. The van der Waals surface area contributed by atoms with E-state index >= 15 is 0 Å². The molecule has 7 nitrogen and oxygen atoms in total. The molecule has 0 bridgehead atoms. The minimum atomic E-state index is -3.67. The SMILES string of the molecule is CCC(C)N(Cc1ccc(OC)c(OS(=O)(=O)CC)c1)C(=O)N(C)C. The first-order chi connectivity index (χ1) is 11.6. The van der Waals surface area contributed by atoms with E-state index in [4.69, 9.17) is 8.92 Å². The summed E-state index contributed by atoms with van der Waals surface area (Å²) >= 11 is 0. The topological polar surface area (TPSA) is 76.1 Å². The van der Waals surface area contributed by atoms with Gasteiger partial charge in [0.05, 0.1) is 12.9 Å². The highest BCUT2D eigenvalue weighted by Crippen LogP contribution is 2.30. The van der Waals surface area contributed by atoms with Crippen molar-refractivity contribution in [3.05, 3.63) is 23.8 Å². The summed E-state index contributed by atoms with van der Waals surface area (Å²) in [5.74, 6) is 0.316. The Morgan fingerprint density at radius 2 is 1.84 bits per heavy atom. The first-order valence-corrected chi connectivity index (χ1v) is 9.79. The third-order valence-electron chi connectivity index (χ3n) is 3.90. The normalized spacial score (nSPS) is 12.4. The number of hydrogen-bond acceptors (Lipinski definition) is 5. The second kappa shape index (κ2) is 8.94. The Morgan fingerprint density at radius 3 is 2.32 bits per heavy atom. The number of ether oxygens (including phenoxy) is 1. The Hall–Kier alpha value is -1.96. The zero-order chi connectivity index (χ0) is 19.2. The van der Waals surface area contributed by atoms with Gasteiger partial charge in [-0.25, -0.2) is 4.79 Å². The summed E-state index contributed by atoms with van der Waals surface area (Å²) in [4.78, 5) is 15.7. The Labute approximate surface area is 150 Å². The van der Waals surface area contributed by atoms with Crippen LogP contribution >= 0.6 is 0 Å².